The van der Waals surface area contributed by atoms with Crippen molar-refractivity contribution in [2.45, 2.75) is 33.7 Å². The normalized spacial score (nSPS) is 15.8. The highest BCUT2D eigenvalue weighted by Gasteiger charge is 2.19. The topological polar surface area (TPSA) is 64.7 Å². The van der Waals surface area contributed by atoms with Gasteiger partial charge in [0.25, 0.3) is 0 Å². The molecule has 1 aromatic rings. The number of hydrogen-bond donors (Lipinski definition) is 2. The summed E-state index contributed by atoms with van der Waals surface area (Å²) in [5.41, 5.74) is 2.61. The molecular formula is C20H32N4O2. The summed E-state index contributed by atoms with van der Waals surface area (Å²) in [6, 6.07) is 8.19. The molecule has 2 N–H and O–H groups in total. The molecule has 1 fully saturated rings. The molecule has 1 saturated heterocycles. The number of nitrogens with one attached hydrogen (secondary N) is 2. The van der Waals surface area contributed by atoms with Crippen molar-refractivity contribution in [3.63, 3.8) is 0 Å². The maximum absolute atomic E-state index is 12.0. The molecule has 6 heteroatoms. The van der Waals surface area contributed by atoms with Crippen molar-refractivity contribution >= 4 is 11.9 Å². The average molecular weight is 361 g/mol. The molecule has 26 heavy (non-hydrogen) atoms. The van der Waals surface area contributed by atoms with Crippen LogP contribution in [0.2, 0.25) is 0 Å². The second-order valence-electron chi connectivity index (χ2n) is 7.53. The molecule has 0 atom stereocenters. The Morgan fingerprint density at radius 3 is 2.46 bits per heavy atom. The van der Waals surface area contributed by atoms with Gasteiger partial charge in [-0.15, -0.1) is 0 Å². The number of nitrogens with zero attached hydrogens (tertiary/aromatic N) is 2. The molecule has 3 amide bonds. The first-order chi connectivity index (χ1) is 12.4. The van der Waals surface area contributed by atoms with Crippen LogP contribution >= 0.6 is 0 Å². The predicted molar refractivity (Wildman–Crippen MR) is 104 cm³/mol. The molecule has 0 bridgehead atoms. The van der Waals surface area contributed by atoms with Crippen molar-refractivity contribution in [2.24, 2.45) is 5.92 Å². The number of amides is 3. The van der Waals surface area contributed by atoms with E-state index in [0.29, 0.717) is 12.5 Å². The van der Waals surface area contributed by atoms with Gasteiger partial charge in [0.15, 0.2) is 0 Å². The molecule has 1 aliphatic heterocycles. The number of aryl methyl sites for hydroxylation is 1. The number of hydrogen-bond acceptors (Lipinski definition) is 4. The number of piperazine rings is 1. The van der Waals surface area contributed by atoms with Crippen LogP contribution in [0.3, 0.4) is 0 Å². The van der Waals surface area contributed by atoms with Crippen molar-refractivity contribution in [3.8, 4) is 0 Å². The zero-order chi connectivity index (χ0) is 18.9. The summed E-state index contributed by atoms with van der Waals surface area (Å²) >= 11 is 0. The number of urea groups is 1. The van der Waals surface area contributed by atoms with E-state index in [1.807, 2.05) is 0 Å². The zero-order valence-corrected chi connectivity index (χ0v) is 16.3. The lowest BCUT2D eigenvalue weighted by atomic mass is 10.1. The summed E-state index contributed by atoms with van der Waals surface area (Å²) < 4.78 is 0. The second-order valence-corrected chi connectivity index (χ2v) is 7.53. The summed E-state index contributed by atoms with van der Waals surface area (Å²) in [7, 11) is 0. The van der Waals surface area contributed by atoms with E-state index in [1.165, 1.54) is 11.1 Å². The lowest BCUT2D eigenvalue weighted by Crippen LogP contribution is -2.50. The van der Waals surface area contributed by atoms with Crippen LogP contribution in [0.15, 0.2) is 24.3 Å². The number of benzene rings is 1. The maximum atomic E-state index is 12.0. The molecule has 0 spiro atoms. The molecule has 6 nitrogen and oxygen atoms in total. The van der Waals surface area contributed by atoms with Crippen LogP contribution in [0.4, 0.5) is 4.79 Å². The van der Waals surface area contributed by atoms with Crippen LogP contribution in [0.25, 0.3) is 0 Å². The molecule has 144 valence electrons. The van der Waals surface area contributed by atoms with Gasteiger partial charge < -0.3 is 5.32 Å². The van der Waals surface area contributed by atoms with Gasteiger partial charge in [-0.2, -0.15) is 0 Å². The van der Waals surface area contributed by atoms with Crippen molar-refractivity contribution in [1.29, 1.82) is 0 Å². The number of imide groups is 1. The molecular weight excluding hydrogens is 328 g/mol. The molecule has 1 aromatic carbocycles. The summed E-state index contributed by atoms with van der Waals surface area (Å²) in [5.74, 6) is 0.293. The van der Waals surface area contributed by atoms with Crippen LogP contribution in [-0.4, -0.2) is 61.0 Å². The lowest BCUT2D eigenvalue weighted by Gasteiger charge is -2.34. The van der Waals surface area contributed by atoms with Crippen molar-refractivity contribution < 1.29 is 9.59 Å². The zero-order valence-electron chi connectivity index (χ0n) is 16.3. The Labute approximate surface area is 156 Å². The molecule has 0 aromatic heterocycles. The van der Waals surface area contributed by atoms with Gasteiger partial charge in [0.1, 0.15) is 0 Å². The Balaban J connectivity index is 1.64. The number of carbonyl (C=O) groups excluding carboxylic acids is 2. The van der Waals surface area contributed by atoms with Gasteiger partial charge >= 0.3 is 6.03 Å². The van der Waals surface area contributed by atoms with Crippen molar-refractivity contribution in [2.75, 3.05) is 39.3 Å². The van der Waals surface area contributed by atoms with Crippen LogP contribution < -0.4 is 10.6 Å². The third-order valence-corrected chi connectivity index (χ3v) is 4.58. The number of carbonyl (C=O) groups is 2. The first kappa shape index (κ1) is 20.4. The molecule has 2 rings (SSSR count). The van der Waals surface area contributed by atoms with E-state index in [4.69, 9.17) is 0 Å². The molecule has 1 heterocycles. The second kappa shape index (κ2) is 10.3. The molecule has 0 unspecified atom stereocenters. The third kappa shape index (κ3) is 7.54. The van der Waals surface area contributed by atoms with Gasteiger partial charge in [0, 0.05) is 39.3 Å². The SMILES string of the molecule is Cc1cccc(CN2CCN(CC(=O)NC(=O)NCCC(C)C)CC2)c1. The first-order valence-electron chi connectivity index (χ1n) is 9.50. The predicted octanol–water partition coefficient (Wildman–Crippen LogP) is 1.98. The van der Waals surface area contributed by atoms with Crippen LogP contribution in [-0.2, 0) is 11.3 Å². The largest absolute Gasteiger partial charge is 0.338 e. The Morgan fingerprint density at radius 2 is 1.81 bits per heavy atom. The van der Waals surface area contributed by atoms with Crippen LogP contribution in [0, 0.1) is 12.8 Å². The molecule has 0 aliphatic carbocycles. The minimum Gasteiger partial charge on any atom is -0.338 e. The van der Waals surface area contributed by atoms with Crippen LogP contribution in [0.5, 0.6) is 0 Å². The fraction of sp³-hybridized carbons (Fsp3) is 0.600. The highest BCUT2D eigenvalue weighted by Crippen LogP contribution is 2.10. The summed E-state index contributed by atoms with van der Waals surface area (Å²) in [6.07, 6.45) is 0.907. The Kier molecular flexibility index (Phi) is 8.06. The fourth-order valence-electron chi connectivity index (χ4n) is 3.06. The summed E-state index contributed by atoms with van der Waals surface area (Å²) in [4.78, 5) is 28.2. The van der Waals surface area contributed by atoms with E-state index in [0.717, 1.165) is 39.1 Å². The van der Waals surface area contributed by atoms with Gasteiger partial charge in [-0.05, 0) is 24.8 Å². The Hall–Kier alpha value is -1.92. The highest BCUT2D eigenvalue weighted by molar-refractivity contribution is 5.95. The van der Waals surface area contributed by atoms with Crippen LogP contribution in [0.1, 0.15) is 31.4 Å². The van der Waals surface area contributed by atoms with E-state index in [9.17, 15) is 9.59 Å². The minimum absolute atomic E-state index is 0.237. The average Bonchev–Trinajstić information content (AvgIpc) is 2.56. The summed E-state index contributed by atoms with van der Waals surface area (Å²) in [5, 5.41) is 5.14. The lowest BCUT2D eigenvalue weighted by molar-refractivity contribution is -0.121. The quantitative estimate of drug-likeness (QED) is 0.780. The van der Waals surface area contributed by atoms with Gasteiger partial charge in [0.2, 0.25) is 5.91 Å². The Bertz CT molecular complexity index is 595. The Morgan fingerprint density at radius 1 is 1.12 bits per heavy atom. The van der Waals surface area contributed by atoms with E-state index in [1.54, 1.807) is 0 Å². The number of rotatable bonds is 7. The smallest absolute Gasteiger partial charge is 0.321 e. The molecule has 0 radical (unpaired) electrons. The third-order valence-electron chi connectivity index (χ3n) is 4.58. The first-order valence-corrected chi connectivity index (χ1v) is 9.50. The van der Waals surface area contributed by atoms with Gasteiger partial charge in [-0.3, -0.25) is 19.9 Å². The van der Waals surface area contributed by atoms with Crippen molar-refractivity contribution in [3.05, 3.63) is 35.4 Å². The van der Waals surface area contributed by atoms with E-state index in [-0.39, 0.29) is 12.5 Å². The summed E-state index contributed by atoms with van der Waals surface area (Å²) in [6.45, 7) is 11.7. The monoisotopic (exact) mass is 360 g/mol. The van der Waals surface area contributed by atoms with Crippen molar-refractivity contribution in [1.82, 2.24) is 20.4 Å². The molecule has 0 saturated carbocycles. The maximum Gasteiger partial charge on any atom is 0.321 e. The van der Waals surface area contributed by atoms with E-state index in [2.05, 4.69) is 65.5 Å². The van der Waals surface area contributed by atoms with E-state index >= 15 is 0 Å². The molecule has 1 aliphatic rings. The van der Waals surface area contributed by atoms with E-state index < -0.39 is 6.03 Å². The standard InChI is InChI=1S/C20H32N4O2/c1-16(2)7-8-21-20(26)22-19(25)15-24-11-9-23(10-12-24)14-18-6-4-5-17(3)13-18/h4-6,13,16H,7-12,14-15H2,1-3H3,(H2,21,22,25,26). The minimum atomic E-state index is -0.395. The highest BCUT2D eigenvalue weighted by atomic mass is 16.2. The van der Waals surface area contributed by atoms with Gasteiger partial charge in [0.05, 0.1) is 6.54 Å². The fourth-order valence-corrected chi connectivity index (χ4v) is 3.06. The van der Waals surface area contributed by atoms with Gasteiger partial charge in [-0.25, -0.2) is 4.79 Å². The van der Waals surface area contributed by atoms with Gasteiger partial charge in [-0.1, -0.05) is 43.7 Å².